The van der Waals surface area contributed by atoms with E-state index in [1.54, 1.807) is 0 Å². The Morgan fingerprint density at radius 3 is 2.21 bits per heavy atom. The monoisotopic (exact) mass is 320 g/mol. The summed E-state index contributed by atoms with van der Waals surface area (Å²) >= 11 is 0. The molecule has 1 aliphatic rings. The van der Waals surface area contributed by atoms with Crippen molar-refractivity contribution in [3.05, 3.63) is 48.5 Å². The Hall–Kier alpha value is -2.11. The molecule has 5 heteroatoms. The highest BCUT2D eigenvalue weighted by Crippen LogP contribution is 2.37. The molecule has 1 aliphatic heterocycles. The van der Waals surface area contributed by atoms with Crippen LogP contribution in [-0.4, -0.2) is 28.3 Å². The molecule has 1 saturated heterocycles. The predicted molar refractivity (Wildman–Crippen MR) is 97.2 cm³/mol. The summed E-state index contributed by atoms with van der Waals surface area (Å²) in [6.07, 6.45) is 0. The molecule has 24 heavy (non-hydrogen) atoms. The van der Waals surface area contributed by atoms with E-state index in [0.29, 0.717) is 0 Å². The molecule has 2 aromatic carbocycles. The van der Waals surface area contributed by atoms with Crippen molar-refractivity contribution in [3.8, 4) is 11.4 Å². The van der Waals surface area contributed by atoms with Gasteiger partial charge in [-0.1, -0.05) is 36.4 Å². The van der Waals surface area contributed by atoms with Gasteiger partial charge in [0.05, 0.1) is 22.2 Å². The van der Waals surface area contributed by atoms with Crippen molar-refractivity contribution in [3.63, 3.8) is 0 Å². The van der Waals surface area contributed by atoms with Crippen molar-refractivity contribution in [2.24, 2.45) is 0 Å². The summed E-state index contributed by atoms with van der Waals surface area (Å²) in [5.41, 5.74) is 3.26. The van der Waals surface area contributed by atoms with Gasteiger partial charge in [0.2, 0.25) is 0 Å². The smallest absolute Gasteiger partial charge is 0.399 e. The SMILES string of the molecule is CC1(C)OB(c2ccccc2-c2nc3ccccc3[nH]2)OC1(C)C. The number of rotatable bonds is 2. The van der Waals surface area contributed by atoms with Gasteiger partial charge in [-0.15, -0.1) is 0 Å². The number of aromatic nitrogens is 2. The van der Waals surface area contributed by atoms with E-state index < -0.39 is 7.12 Å². The van der Waals surface area contributed by atoms with Gasteiger partial charge in [0.15, 0.2) is 0 Å². The van der Waals surface area contributed by atoms with Crippen LogP contribution in [0.4, 0.5) is 0 Å². The molecule has 0 bridgehead atoms. The summed E-state index contributed by atoms with van der Waals surface area (Å²) in [4.78, 5) is 8.12. The van der Waals surface area contributed by atoms with Crippen molar-refractivity contribution < 1.29 is 9.31 Å². The van der Waals surface area contributed by atoms with Gasteiger partial charge in [-0.2, -0.15) is 0 Å². The van der Waals surface area contributed by atoms with Crippen LogP contribution in [0, 0.1) is 0 Å². The Morgan fingerprint density at radius 2 is 1.50 bits per heavy atom. The van der Waals surface area contributed by atoms with E-state index in [9.17, 15) is 0 Å². The van der Waals surface area contributed by atoms with Gasteiger partial charge in [-0.3, -0.25) is 0 Å². The molecule has 4 rings (SSSR count). The number of nitrogens with zero attached hydrogens (tertiary/aromatic N) is 1. The molecule has 0 radical (unpaired) electrons. The predicted octanol–water partition coefficient (Wildman–Crippen LogP) is 3.53. The number of H-pyrrole nitrogens is 1. The summed E-state index contributed by atoms with van der Waals surface area (Å²) in [6, 6.07) is 16.2. The number of benzene rings is 2. The van der Waals surface area contributed by atoms with Crippen LogP contribution in [0.2, 0.25) is 0 Å². The Labute approximate surface area is 142 Å². The van der Waals surface area contributed by atoms with Crippen LogP contribution in [0.3, 0.4) is 0 Å². The summed E-state index contributed by atoms with van der Waals surface area (Å²) in [7, 11) is -0.403. The van der Waals surface area contributed by atoms with E-state index in [1.165, 1.54) is 0 Å². The van der Waals surface area contributed by atoms with Crippen LogP contribution in [0.5, 0.6) is 0 Å². The molecule has 2 heterocycles. The standard InChI is InChI=1S/C19H21BN2O2/c1-18(2)19(3,4)24-20(23-18)14-10-6-5-9-13(14)17-21-15-11-7-8-12-16(15)22-17/h5-12H,1-4H3,(H,21,22). The minimum atomic E-state index is -0.403. The lowest BCUT2D eigenvalue weighted by Crippen LogP contribution is -2.41. The minimum Gasteiger partial charge on any atom is -0.399 e. The second-order valence-corrected chi connectivity index (χ2v) is 7.28. The number of aromatic amines is 1. The van der Waals surface area contributed by atoms with Crippen molar-refractivity contribution in [2.45, 2.75) is 38.9 Å². The molecular formula is C19H21BN2O2. The van der Waals surface area contributed by atoms with Crippen molar-refractivity contribution >= 4 is 23.6 Å². The number of hydrogen-bond acceptors (Lipinski definition) is 3. The molecule has 1 aromatic heterocycles. The average Bonchev–Trinajstić information content (AvgIpc) is 3.06. The number of nitrogens with one attached hydrogen (secondary N) is 1. The molecule has 0 unspecified atom stereocenters. The fraction of sp³-hybridized carbons (Fsp3) is 0.316. The highest BCUT2D eigenvalue weighted by atomic mass is 16.7. The van der Waals surface area contributed by atoms with Gasteiger partial charge in [-0.05, 0) is 45.3 Å². The van der Waals surface area contributed by atoms with Crippen LogP contribution in [-0.2, 0) is 9.31 Å². The zero-order valence-corrected chi connectivity index (χ0v) is 14.5. The topological polar surface area (TPSA) is 47.1 Å². The van der Waals surface area contributed by atoms with Crippen LogP contribution >= 0.6 is 0 Å². The Bertz CT molecular complexity index is 852. The van der Waals surface area contributed by atoms with Gasteiger partial charge in [0.1, 0.15) is 5.82 Å². The number of imidazole rings is 1. The molecule has 0 amide bonds. The number of fused-ring (bicyclic) bond motifs is 1. The number of hydrogen-bond donors (Lipinski definition) is 1. The highest BCUT2D eigenvalue weighted by Gasteiger charge is 2.52. The Kier molecular flexibility index (Phi) is 3.34. The molecule has 4 nitrogen and oxygen atoms in total. The molecule has 122 valence electrons. The van der Waals surface area contributed by atoms with Crippen LogP contribution in [0.15, 0.2) is 48.5 Å². The van der Waals surface area contributed by atoms with Crippen molar-refractivity contribution in [2.75, 3.05) is 0 Å². The zero-order chi connectivity index (χ0) is 16.9. The lowest BCUT2D eigenvalue weighted by atomic mass is 9.76. The lowest BCUT2D eigenvalue weighted by molar-refractivity contribution is 0.00578. The first-order chi connectivity index (χ1) is 11.4. The van der Waals surface area contributed by atoms with Gasteiger partial charge in [0, 0.05) is 5.56 Å². The highest BCUT2D eigenvalue weighted by molar-refractivity contribution is 6.63. The van der Waals surface area contributed by atoms with Gasteiger partial charge < -0.3 is 14.3 Å². The van der Waals surface area contributed by atoms with Crippen molar-refractivity contribution in [1.82, 2.24) is 9.97 Å². The van der Waals surface area contributed by atoms with Crippen LogP contribution in [0.1, 0.15) is 27.7 Å². The maximum atomic E-state index is 6.22. The largest absolute Gasteiger partial charge is 0.495 e. The van der Waals surface area contributed by atoms with E-state index in [1.807, 2.05) is 42.5 Å². The number of para-hydroxylation sites is 2. The van der Waals surface area contributed by atoms with Crippen molar-refractivity contribution in [1.29, 1.82) is 0 Å². The second-order valence-electron chi connectivity index (χ2n) is 7.28. The first kappa shape index (κ1) is 15.4. The fourth-order valence-corrected chi connectivity index (χ4v) is 2.97. The first-order valence-corrected chi connectivity index (χ1v) is 8.27. The molecule has 1 N–H and O–H groups in total. The summed E-state index contributed by atoms with van der Waals surface area (Å²) < 4.78 is 12.4. The van der Waals surface area contributed by atoms with E-state index in [-0.39, 0.29) is 11.2 Å². The Balaban J connectivity index is 1.79. The molecule has 3 aromatic rings. The summed E-state index contributed by atoms with van der Waals surface area (Å²) in [5, 5.41) is 0. The lowest BCUT2D eigenvalue weighted by Gasteiger charge is -2.32. The zero-order valence-electron chi connectivity index (χ0n) is 14.5. The third kappa shape index (κ3) is 2.36. The molecule has 1 fully saturated rings. The molecule has 0 saturated carbocycles. The minimum absolute atomic E-state index is 0.362. The van der Waals surface area contributed by atoms with E-state index in [2.05, 4.69) is 38.7 Å². The van der Waals surface area contributed by atoms with E-state index in [0.717, 1.165) is 27.9 Å². The van der Waals surface area contributed by atoms with Crippen LogP contribution < -0.4 is 5.46 Å². The van der Waals surface area contributed by atoms with E-state index in [4.69, 9.17) is 14.3 Å². The molecule has 0 spiro atoms. The third-order valence-electron chi connectivity index (χ3n) is 5.11. The van der Waals surface area contributed by atoms with Gasteiger partial charge in [0.25, 0.3) is 0 Å². The summed E-state index contributed by atoms with van der Waals surface area (Å²) in [5.74, 6) is 0.835. The average molecular weight is 320 g/mol. The van der Waals surface area contributed by atoms with Gasteiger partial charge >= 0.3 is 7.12 Å². The fourth-order valence-electron chi connectivity index (χ4n) is 2.97. The van der Waals surface area contributed by atoms with Crippen LogP contribution in [0.25, 0.3) is 22.4 Å². The third-order valence-corrected chi connectivity index (χ3v) is 5.11. The quantitative estimate of drug-likeness (QED) is 0.735. The second kappa shape index (κ2) is 5.20. The van der Waals surface area contributed by atoms with E-state index >= 15 is 0 Å². The molecule has 0 atom stereocenters. The maximum Gasteiger partial charge on any atom is 0.495 e. The summed E-state index contributed by atoms with van der Waals surface area (Å²) in [6.45, 7) is 8.27. The first-order valence-electron chi connectivity index (χ1n) is 8.27. The molecular weight excluding hydrogens is 299 g/mol. The Morgan fingerprint density at radius 1 is 0.875 bits per heavy atom. The maximum absolute atomic E-state index is 6.22. The normalized spacial score (nSPS) is 19.1. The molecule has 0 aliphatic carbocycles. The van der Waals surface area contributed by atoms with Gasteiger partial charge in [-0.25, -0.2) is 4.98 Å².